The molecule has 4 nitrogen and oxygen atoms in total. The first kappa shape index (κ1) is 16.2. The minimum absolute atomic E-state index is 0.163. The average molecular weight is 325 g/mol. The molecule has 0 saturated heterocycles. The molecular weight excluding hydrogens is 306 g/mol. The van der Waals surface area contributed by atoms with Crippen molar-refractivity contribution in [3.63, 3.8) is 0 Å². The van der Waals surface area contributed by atoms with Crippen molar-refractivity contribution in [3.8, 4) is 0 Å². The van der Waals surface area contributed by atoms with E-state index in [2.05, 4.69) is 4.72 Å². The Morgan fingerprint density at radius 1 is 1.24 bits per heavy atom. The van der Waals surface area contributed by atoms with E-state index < -0.39 is 10.0 Å². The Labute approximate surface area is 129 Å². The fourth-order valence-electron chi connectivity index (χ4n) is 2.18. The summed E-state index contributed by atoms with van der Waals surface area (Å²) in [5.41, 5.74) is 2.22. The first-order valence-corrected chi connectivity index (χ1v) is 9.03. The van der Waals surface area contributed by atoms with Crippen molar-refractivity contribution in [1.29, 1.82) is 0 Å². The van der Waals surface area contributed by atoms with Gasteiger partial charge in [0, 0.05) is 11.4 Å². The van der Waals surface area contributed by atoms with E-state index in [0.29, 0.717) is 24.1 Å². The first-order chi connectivity index (χ1) is 9.94. The number of benzene rings is 1. The van der Waals surface area contributed by atoms with Gasteiger partial charge < -0.3 is 5.11 Å². The Balaban J connectivity index is 2.15. The molecule has 0 radical (unpaired) electrons. The van der Waals surface area contributed by atoms with Crippen LogP contribution in [0.4, 0.5) is 0 Å². The fraction of sp³-hybridized carbons (Fsp3) is 0.333. The molecule has 2 N–H and O–H groups in total. The molecule has 0 atom stereocenters. The molecule has 0 aliphatic carbocycles. The molecule has 0 amide bonds. The molecule has 1 aromatic heterocycles. The Kier molecular flexibility index (Phi) is 5.16. The molecule has 0 aliphatic rings. The predicted molar refractivity (Wildman–Crippen MR) is 85.1 cm³/mol. The lowest BCUT2D eigenvalue weighted by Crippen LogP contribution is -2.26. The number of aryl methyl sites for hydroxylation is 2. The lowest BCUT2D eigenvalue weighted by Gasteiger charge is -2.12. The Hall–Kier alpha value is -1.21. The highest BCUT2D eigenvalue weighted by Gasteiger charge is 2.18. The third kappa shape index (κ3) is 3.91. The van der Waals surface area contributed by atoms with Crippen LogP contribution in [-0.2, 0) is 23.1 Å². The number of thiophene rings is 1. The third-order valence-corrected chi connectivity index (χ3v) is 5.88. The zero-order valence-electron chi connectivity index (χ0n) is 12.1. The highest BCUT2D eigenvalue weighted by molar-refractivity contribution is 7.89. The van der Waals surface area contributed by atoms with Crippen LogP contribution in [0.1, 0.15) is 21.6 Å². The number of aliphatic hydroxyl groups is 1. The average Bonchev–Trinajstić information content (AvgIpc) is 2.91. The standard InChI is InChI=1S/C15H19NO3S2/c1-11-8-12(2)15(9-13(11)10-17)21(18,19)16-6-5-14-4-3-7-20-14/h3-4,7-9,16-17H,5-6,10H2,1-2H3. The lowest BCUT2D eigenvalue weighted by molar-refractivity contribution is 0.280. The molecule has 21 heavy (non-hydrogen) atoms. The molecule has 0 fully saturated rings. The van der Waals surface area contributed by atoms with Crippen molar-refractivity contribution in [1.82, 2.24) is 4.72 Å². The Morgan fingerprint density at radius 3 is 2.62 bits per heavy atom. The maximum absolute atomic E-state index is 12.4. The molecule has 0 saturated carbocycles. The minimum Gasteiger partial charge on any atom is -0.392 e. The second-order valence-electron chi connectivity index (χ2n) is 4.93. The number of aliphatic hydroxyl groups excluding tert-OH is 1. The SMILES string of the molecule is Cc1cc(C)c(S(=O)(=O)NCCc2cccs2)cc1CO. The van der Waals surface area contributed by atoms with Gasteiger partial charge in [-0.1, -0.05) is 12.1 Å². The van der Waals surface area contributed by atoms with E-state index in [1.165, 1.54) is 0 Å². The first-order valence-electron chi connectivity index (χ1n) is 6.67. The molecule has 0 spiro atoms. The molecule has 1 aromatic carbocycles. The fourth-order valence-corrected chi connectivity index (χ4v) is 4.19. The maximum atomic E-state index is 12.4. The molecule has 0 aliphatic heterocycles. The van der Waals surface area contributed by atoms with E-state index >= 15 is 0 Å². The van der Waals surface area contributed by atoms with Gasteiger partial charge in [0.25, 0.3) is 0 Å². The van der Waals surface area contributed by atoms with Gasteiger partial charge in [-0.15, -0.1) is 11.3 Å². The zero-order valence-corrected chi connectivity index (χ0v) is 13.7. The van der Waals surface area contributed by atoms with Gasteiger partial charge in [0.1, 0.15) is 0 Å². The van der Waals surface area contributed by atoms with E-state index in [1.54, 1.807) is 30.4 Å². The number of rotatable bonds is 6. The smallest absolute Gasteiger partial charge is 0.240 e. The van der Waals surface area contributed by atoms with Crippen LogP contribution >= 0.6 is 11.3 Å². The van der Waals surface area contributed by atoms with Crippen molar-refractivity contribution in [3.05, 3.63) is 51.2 Å². The summed E-state index contributed by atoms with van der Waals surface area (Å²) in [6, 6.07) is 7.28. The summed E-state index contributed by atoms with van der Waals surface area (Å²) in [7, 11) is -3.55. The summed E-state index contributed by atoms with van der Waals surface area (Å²) in [5, 5.41) is 11.3. The van der Waals surface area contributed by atoms with E-state index in [-0.39, 0.29) is 11.5 Å². The van der Waals surface area contributed by atoms with Crippen LogP contribution in [0.3, 0.4) is 0 Å². The summed E-state index contributed by atoms with van der Waals surface area (Å²) in [6.07, 6.45) is 0.675. The van der Waals surface area contributed by atoms with Crippen molar-refractivity contribution < 1.29 is 13.5 Å². The normalized spacial score (nSPS) is 11.8. The molecule has 1 heterocycles. The van der Waals surface area contributed by atoms with Crippen molar-refractivity contribution in [2.45, 2.75) is 31.8 Å². The molecule has 6 heteroatoms. The van der Waals surface area contributed by atoms with Crippen molar-refractivity contribution >= 4 is 21.4 Å². The molecule has 0 unspecified atom stereocenters. The number of hydrogen-bond acceptors (Lipinski definition) is 4. The largest absolute Gasteiger partial charge is 0.392 e. The van der Waals surface area contributed by atoms with Crippen molar-refractivity contribution in [2.75, 3.05) is 6.54 Å². The highest BCUT2D eigenvalue weighted by Crippen LogP contribution is 2.20. The highest BCUT2D eigenvalue weighted by atomic mass is 32.2. The van der Waals surface area contributed by atoms with Crippen LogP contribution < -0.4 is 4.72 Å². The van der Waals surface area contributed by atoms with Crippen LogP contribution in [0, 0.1) is 13.8 Å². The molecule has 114 valence electrons. The van der Waals surface area contributed by atoms with Crippen molar-refractivity contribution in [2.24, 2.45) is 0 Å². The maximum Gasteiger partial charge on any atom is 0.240 e. The van der Waals surface area contributed by atoms with Gasteiger partial charge >= 0.3 is 0 Å². The summed E-state index contributed by atoms with van der Waals surface area (Å²) in [5.74, 6) is 0. The molecule has 2 aromatic rings. The lowest BCUT2D eigenvalue weighted by atomic mass is 10.1. The van der Waals surface area contributed by atoms with E-state index in [9.17, 15) is 13.5 Å². The quantitative estimate of drug-likeness (QED) is 0.857. The minimum atomic E-state index is -3.55. The second-order valence-corrected chi connectivity index (χ2v) is 7.70. The van der Waals surface area contributed by atoms with E-state index in [1.807, 2.05) is 24.4 Å². The third-order valence-electron chi connectivity index (χ3n) is 3.34. The summed E-state index contributed by atoms with van der Waals surface area (Å²) in [4.78, 5) is 1.39. The topological polar surface area (TPSA) is 66.4 Å². The monoisotopic (exact) mass is 325 g/mol. The number of hydrogen-bond donors (Lipinski definition) is 2. The number of nitrogens with one attached hydrogen (secondary N) is 1. The van der Waals surface area contributed by atoms with Gasteiger partial charge in [-0.05, 0) is 54.5 Å². The van der Waals surface area contributed by atoms with Crippen LogP contribution in [0.15, 0.2) is 34.5 Å². The van der Waals surface area contributed by atoms with E-state index in [0.717, 1.165) is 10.4 Å². The van der Waals surface area contributed by atoms with Crippen LogP contribution in [0.2, 0.25) is 0 Å². The summed E-state index contributed by atoms with van der Waals surface area (Å²) >= 11 is 1.61. The van der Waals surface area contributed by atoms with Crippen LogP contribution in [0.5, 0.6) is 0 Å². The van der Waals surface area contributed by atoms with Gasteiger partial charge in [0.2, 0.25) is 10.0 Å². The molecule has 2 rings (SSSR count). The van der Waals surface area contributed by atoms with Gasteiger partial charge in [-0.25, -0.2) is 13.1 Å². The van der Waals surface area contributed by atoms with E-state index in [4.69, 9.17) is 0 Å². The zero-order chi connectivity index (χ0) is 15.5. The predicted octanol–water partition coefficient (Wildman–Crippen LogP) is 2.38. The number of sulfonamides is 1. The van der Waals surface area contributed by atoms with Gasteiger partial charge in [-0.2, -0.15) is 0 Å². The Bertz CT molecular complexity index is 707. The van der Waals surface area contributed by atoms with Gasteiger partial charge in [0.05, 0.1) is 11.5 Å². The van der Waals surface area contributed by atoms with Gasteiger partial charge in [0.15, 0.2) is 0 Å². The van der Waals surface area contributed by atoms with Gasteiger partial charge in [-0.3, -0.25) is 0 Å². The van der Waals surface area contributed by atoms with Crippen LogP contribution in [0.25, 0.3) is 0 Å². The molecule has 0 bridgehead atoms. The Morgan fingerprint density at radius 2 is 2.00 bits per heavy atom. The second kappa shape index (κ2) is 6.70. The van der Waals surface area contributed by atoms with Crippen LogP contribution in [-0.4, -0.2) is 20.1 Å². The summed E-state index contributed by atoms with van der Waals surface area (Å²) in [6.45, 7) is 3.83. The molecular formula is C15H19NO3S2. The summed E-state index contributed by atoms with van der Waals surface area (Å²) < 4.78 is 27.4.